The first kappa shape index (κ1) is 12.3. The lowest BCUT2D eigenvalue weighted by Crippen LogP contribution is -2.16. The smallest absolute Gasteiger partial charge is 0.195 e. The van der Waals surface area contributed by atoms with Gasteiger partial charge in [-0.1, -0.05) is 6.42 Å². The highest BCUT2D eigenvalue weighted by molar-refractivity contribution is 5.81. The van der Waals surface area contributed by atoms with Crippen molar-refractivity contribution in [2.75, 3.05) is 0 Å². The predicted molar refractivity (Wildman–Crippen MR) is 70.5 cm³/mol. The van der Waals surface area contributed by atoms with Gasteiger partial charge in [0.2, 0.25) is 0 Å². The van der Waals surface area contributed by atoms with E-state index in [0.717, 1.165) is 37.4 Å². The van der Waals surface area contributed by atoms with Gasteiger partial charge in [-0.15, -0.1) is 0 Å². The van der Waals surface area contributed by atoms with Gasteiger partial charge in [-0.3, -0.25) is 4.79 Å². The number of aromatic nitrogens is 1. The molecule has 0 fully saturated rings. The van der Waals surface area contributed by atoms with Crippen molar-refractivity contribution in [2.45, 2.75) is 39.0 Å². The SMILES string of the molecule is Cc1cc(F)c2[nH]c3c(c(=O)c2c1F)CCCCC3. The molecule has 1 aromatic heterocycles. The fourth-order valence-electron chi connectivity index (χ4n) is 2.86. The van der Waals surface area contributed by atoms with Crippen molar-refractivity contribution in [1.29, 1.82) is 0 Å². The van der Waals surface area contributed by atoms with Gasteiger partial charge in [0.25, 0.3) is 0 Å². The second-order valence-corrected chi connectivity index (χ2v) is 5.21. The van der Waals surface area contributed by atoms with E-state index in [-0.39, 0.29) is 21.9 Å². The minimum absolute atomic E-state index is 0.00810. The van der Waals surface area contributed by atoms with Gasteiger partial charge in [0.1, 0.15) is 11.6 Å². The summed E-state index contributed by atoms with van der Waals surface area (Å²) >= 11 is 0. The predicted octanol–water partition coefficient (Wildman–Crippen LogP) is 3.38. The first-order valence-corrected chi connectivity index (χ1v) is 6.62. The number of hydrogen-bond acceptors (Lipinski definition) is 1. The summed E-state index contributed by atoms with van der Waals surface area (Å²) in [6.07, 6.45) is 4.33. The molecule has 1 aromatic carbocycles. The zero-order chi connectivity index (χ0) is 13.6. The van der Waals surface area contributed by atoms with Crippen LogP contribution in [0.15, 0.2) is 10.9 Å². The van der Waals surface area contributed by atoms with Crippen molar-refractivity contribution in [3.05, 3.63) is 44.7 Å². The zero-order valence-corrected chi connectivity index (χ0v) is 10.8. The number of benzene rings is 1. The summed E-state index contributed by atoms with van der Waals surface area (Å²) in [4.78, 5) is 15.4. The first-order chi connectivity index (χ1) is 9.09. The van der Waals surface area contributed by atoms with Gasteiger partial charge in [0, 0.05) is 11.3 Å². The molecule has 1 N–H and O–H groups in total. The zero-order valence-electron chi connectivity index (χ0n) is 10.8. The minimum Gasteiger partial charge on any atom is -0.355 e. The quantitative estimate of drug-likeness (QED) is 0.726. The monoisotopic (exact) mass is 263 g/mol. The Morgan fingerprint density at radius 1 is 1.16 bits per heavy atom. The van der Waals surface area contributed by atoms with Crippen LogP contribution >= 0.6 is 0 Å². The molecular formula is C15H15F2NO. The van der Waals surface area contributed by atoms with Crippen molar-refractivity contribution < 1.29 is 8.78 Å². The van der Waals surface area contributed by atoms with E-state index in [9.17, 15) is 13.6 Å². The maximum absolute atomic E-state index is 14.1. The molecule has 0 aliphatic heterocycles. The molecule has 2 aromatic rings. The van der Waals surface area contributed by atoms with E-state index >= 15 is 0 Å². The standard InChI is InChI=1S/C15H15F2NO/c1-8-7-10(16)14-12(13(8)17)15(19)9-5-3-2-4-6-11(9)18-14/h7H,2-6H2,1H3,(H,18,19). The van der Waals surface area contributed by atoms with Crippen molar-refractivity contribution in [1.82, 2.24) is 4.98 Å². The van der Waals surface area contributed by atoms with Crippen LogP contribution in [-0.2, 0) is 12.8 Å². The van der Waals surface area contributed by atoms with Crippen molar-refractivity contribution in [3.8, 4) is 0 Å². The van der Waals surface area contributed by atoms with Crippen LogP contribution in [0.2, 0.25) is 0 Å². The molecule has 0 unspecified atom stereocenters. The number of halogens is 2. The molecule has 0 saturated heterocycles. The summed E-state index contributed by atoms with van der Waals surface area (Å²) in [5.41, 5.74) is 1.25. The van der Waals surface area contributed by atoms with Crippen LogP contribution in [0.3, 0.4) is 0 Å². The molecule has 1 heterocycles. The molecule has 0 radical (unpaired) electrons. The molecule has 1 aliphatic carbocycles. The van der Waals surface area contributed by atoms with Gasteiger partial charge in [-0.25, -0.2) is 8.78 Å². The summed E-state index contributed by atoms with van der Waals surface area (Å²) in [5.74, 6) is -1.16. The Balaban J connectivity index is 2.44. The Kier molecular flexibility index (Phi) is 2.88. The largest absolute Gasteiger partial charge is 0.355 e. The molecule has 100 valence electrons. The maximum Gasteiger partial charge on any atom is 0.195 e. The highest BCUT2D eigenvalue weighted by Gasteiger charge is 2.20. The van der Waals surface area contributed by atoms with E-state index < -0.39 is 11.6 Å². The molecule has 0 bridgehead atoms. The Morgan fingerprint density at radius 3 is 2.68 bits per heavy atom. The summed E-state index contributed by atoms with van der Waals surface area (Å²) in [5, 5.41) is -0.127. The van der Waals surface area contributed by atoms with E-state index in [1.165, 1.54) is 6.92 Å². The van der Waals surface area contributed by atoms with Crippen LogP contribution in [0.1, 0.15) is 36.1 Å². The van der Waals surface area contributed by atoms with E-state index in [1.807, 2.05) is 0 Å². The molecule has 3 rings (SSSR count). The van der Waals surface area contributed by atoms with E-state index in [0.29, 0.717) is 12.0 Å². The fourth-order valence-corrected chi connectivity index (χ4v) is 2.86. The third-order valence-corrected chi connectivity index (χ3v) is 3.89. The lowest BCUT2D eigenvalue weighted by molar-refractivity contribution is 0.606. The second-order valence-electron chi connectivity index (χ2n) is 5.21. The van der Waals surface area contributed by atoms with Crippen molar-refractivity contribution in [2.24, 2.45) is 0 Å². The Morgan fingerprint density at radius 2 is 1.89 bits per heavy atom. The average molecular weight is 263 g/mol. The fraction of sp³-hybridized carbons (Fsp3) is 0.400. The molecule has 19 heavy (non-hydrogen) atoms. The summed E-state index contributed by atoms with van der Waals surface area (Å²) in [7, 11) is 0. The van der Waals surface area contributed by atoms with Crippen LogP contribution in [0.4, 0.5) is 8.78 Å². The highest BCUT2D eigenvalue weighted by Crippen LogP contribution is 2.24. The first-order valence-electron chi connectivity index (χ1n) is 6.62. The van der Waals surface area contributed by atoms with Gasteiger partial charge in [-0.2, -0.15) is 0 Å². The molecular weight excluding hydrogens is 248 g/mol. The van der Waals surface area contributed by atoms with Crippen LogP contribution in [0.25, 0.3) is 10.9 Å². The number of fused-ring (bicyclic) bond motifs is 2. The van der Waals surface area contributed by atoms with Gasteiger partial charge < -0.3 is 4.98 Å². The average Bonchev–Trinajstić information content (AvgIpc) is 2.61. The summed E-state index contributed by atoms with van der Waals surface area (Å²) in [6.45, 7) is 1.48. The number of aryl methyl sites for hydroxylation is 2. The highest BCUT2D eigenvalue weighted by atomic mass is 19.1. The summed E-state index contributed by atoms with van der Waals surface area (Å²) < 4.78 is 28.1. The number of rotatable bonds is 0. The number of hydrogen-bond donors (Lipinski definition) is 1. The number of pyridine rings is 1. The molecule has 0 amide bonds. The van der Waals surface area contributed by atoms with Gasteiger partial charge in [-0.05, 0) is 44.2 Å². The molecule has 4 heteroatoms. The van der Waals surface area contributed by atoms with Gasteiger partial charge in [0.15, 0.2) is 5.43 Å². The van der Waals surface area contributed by atoms with Crippen molar-refractivity contribution in [3.63, 3.8) is 0 Å². The lowest BCUT2D eigenvalue weighted by Gasteiger charge is -2.10. The van der Waals surface area contributed by atoms with Crippen LogP contribution in [0.5, 0.6) is 0 Å². The second kappa shape index (κ2) is 4.44. The van der Waals surface area contributed by atoms with E-state index in [2.05, 4.69) is 4.98 Å². The molecule has 0 spiro atoms. The molecule has 1 aliphatic rings. The molecule has 0 atom stereocenters. The normalized spacial score (nSPS) is 15.3. The lowest BCUT2D eigenvalue weighted by atomic mass is 10.0. The van der Waals surface area contributed by atoms with E-state index in [4.69, 9.17) is 0 Å². The number of nitrogens with one attached hydrogen (secondary N) is 1. The summed E-state index contributed by atoms with van der Waals surface area (Å²) in [6, 6.07) is 1.14. The molecule has 0 saturated carbocycles. The Bertz CT molecular complexity index is 718. The third-order valence-electron chi connectivity index (χ3n) is 3.89. The minimum atomic E-state index is -0.607. The third kappa shape index (κ3) is 1.86. The van der Waals surface area contributed by atoms with Crippen LogP contribution < -0.4 is 5.43 Å². The van der Waals surface area contributed by atoms with Crippen molar-refractivity contribution >= 4 is 10.9 Å². The Labute approximate surface area is 109 Å². The number of H-pyrrole nitrogens is 1. The van der Waals surface area contributed by atoms with Gasteiger partial charge >= 0.3 is 0 Å². The van der Waals surface area contributed by atoms with Crippen LogP contribution in [-0.4, -0.2) is 4.98 Å². The topological polar surface area (TPSA) is 32.9 Å². The van der Waals surface area contributed by atoms with Gasteiger partial charge in [0.05, 0.1) is 10.9 Å². The van der Waals surface area contributed by atoms with Crippen LogP contribution in [0, 0.1) is 18.6 Å². The number of aromatic amines is 1. The molecule has 2 nitrogen and oxygen atoms in total. The van der Waals surface area contributed by atoms with E-state index in [1.54, 1.807) is 0 Å². The maximum atomic E-state index is 14.1. The Hall–Kier alpha value is -1.71.